The number of hydrogen-bond donors (Lipinski definition) is 1. The van der Waals surface area contributed by atoms with E-state index in [0.717, 1.165) is 65.3 Å². The van der Waals surface area contributed by atoms with Crippen molar-refractivity contribution in [3.63, 3.8) is 0 Å². The molecular formula is C34H37N5O4. The number of unbranched alkanes of at least 4 members (excludes halogenated alkanes) is 3. The number of esters is 1. The number of benzene rings is 3. The van der Waals surface area contributed by atoms with E-state index < -0.39 is 0 Å². The molecule has 9 nitrogen and oxygen atoms in total. The summed E-state index contributed by atoms with van der Waals surface area (Å²) in [5.41, 5.74) is 5.57. The second kappa shape index (κ2) is 14.8. The van der Waals surface area contributed by atoms with Crippen LogP contribution in [-0.2, 0) is 22.5 Å². The number of carbonyl (C=O) groups is 1. The summed E-state index contributed by atoms with van der Waals surface area (Å²) in [6.07, 6.45) is 6.52. The summed E-state index contributed by atoms with van der Waals surface area (Å²) >= 11 is 0. The Hall–Kier alpha value is -4.92. The monoisotopic (exact) mass is 579 g/mol. The zero-order valence-electron chi connectivity index (χ0n) is 24.7. The van der Waals surface area contributed by atoms with E-state index >= 15 is 0 Å². The minimum Gasteiger partial charge on any atom is -0.497 e. The fraction of sp³-hybridized carbons (Fsp3) is 0.294. The van der Waals surface area contributed by atoms with Crippen LogP contribution in [0, 0.1) is 0 Å². The number of ether oxygens (including phenoxy) is 3. The Morgan fingerprint density at radius 1 is 0.814 bits per heavy atom. The van der Waals surface area contributed by atoms with E-state index in [0.29, 0.717) is 31.9 Å². The van der Waals surface area contributed by atoms with Gasteiger partial charge in [0.1, 0.15) is 23.3 Å². The first-order chi connectivity index (χ1) is 21.1. The Morgan fingerprint density at radius 3 is 2.30 bits per heavy atom. The van der Waals surface area contributed by atoms with Crippen molar-refractivity contribution in [1.29, 1.82) is 0 Å². The summed E-state index contributed by atoms with van der Waals surface area (Å²) in [6, 6.07) is 26.2. The molecule has 2 aromatic heterocycles. The third-order valence-corrected chi connectivity index (χ3v) is 7.20. The van der Waals surface area contributed by atoms with Gasteiger partial charge in [-0.1, -0.05) is 55.3 Å². The molecule has 3 aromatic carbocycles. The molecule has 2 heterocycles. The van der Waals surface area contributed by atoms with Crippen molar-refractivity contribution in [2.24, 2.45) is 0 Å². The van der Waals surface area contributed by atoms with E-state index in [1.165, 1.54) is 12.7 Å². The van der Waals surface area contributed by atoms with Crippen molar-refractivity contribution in [1.82, 2.24) is 19.5 Å². The van der Waals surface area contributed by atoms with E-state index in [1.807, 2.05) is 66.7 Å². The van der Waals surface area contributed by atoms with Crippen molar-refractivity contribution in [2.45, 2.75) is 45.1 Å². The fourth-order valence-electron chi connectivity index (χ4n) is 4.84. The van der Waals surface area contributed by atoms with E-state index in [1.54, 1.807) is 13.4 Å². The van der Waals surface area contributed by atoms with Gasteiger partial charge in [-0.2, -0.15) is 0 Å². The van der Waals surface area contributed by atoms with E-state index in [9.17, 15) is 4.79 Å². The van der Waals surface area contributed by atoms with Gasteiger partial charge in [-0.3, -0.25) is 9.36 Å². The number of imidazole rings is 1. The molecule has 0 aliphatic heterocycles. The van der Waals surface area contributed by atoms with Gasteiger partial charge in [-0.05, 0) is 60.4 Å². The third-order valence-electron chi connectivity index (χ3n) is 7.20. The first-order valence-corrected chi connectivity index (χ1v) is 14.6. The SMILES string of the molecule is COC(=O)CCCCCCOc1ccc(Nc2nc3c(Cc4ccccc4)ncnc3n2Cc2ccc(OC)cc2)cc1. The predicted octanol–water partition coefficient (Wildman–Crippen LogP) is 6.72. The van der Waals surface area contributed by atoms with Gasteiger partial charge in [-0.25, -0.2) is 15.0 Å². The Kier molecular flexibility index (Phi) is 10.2. The van der Waals surface area contributed by atoms with Crippen molar-refractivity contribution >= 4 is 28.8 Å². The number of methoxy groups -OCH3 is 2. The van der Waals surface area contributed by atoms with Crippen LogP contribution in [0.2, 0.25) is 0 Å². The highest BCUT2D eigenvalue weighted by molar-refractivity contribution is 5.78. The molecule has 5 rings (SSSR count). The molecule has 0 saturated carbocycles. The molecule has 5 aromatic rings. The predicted molar refractivity (Wildman–Crippen MR) is 167 cm³/mol. The third kappa shape index (κ3) is 8.09. The highest BCUT2D eigenvalue weighted by Gasteiger charge is 2.17. The first-order valence-electron chi connectivity index (χ1n) is 14.6. The summed E-state index contributed by atoms with van der Waals surface area (Å²) < 4.78 is 18.0. The molecule has 0 atom stereocenters. The molecule has 0 bridgehead atoms. The standard InChI is InChI=1S/C34H37N5O4/c1-41-28-17-13-26(14-18-28)23-39-33-32(30(35-24-36-33)22-25-10-6-5-7-11-25)38-34(39)37-27-15-19-29(20-16-27)43-21-9-4-3-8-12-31(40)42-2/h5-7,10-11,13-20,24H,3-4,8-9,12,21-23H2,1-2H3,(H,37,38). The quantitative estimate of drug-likeness (QED) is 0.108. The van der Waals surface area contributed by atoms with Gasteiger partial charge < -0.3 is 19.5 Å². The fourth-order valence-corrected chi connectivity index (χ4v) is 4.84. The van der Waals surface area contributed by atoms with Gasteiger partial charge in [0.2, 0.25) is 5.95 Å². The Morgan fingerprint density at radius 2 is 1.56 bits per heavy atom. The molecule has 0 fully saturated rings. The van der Waals surface area contributed by atoms with Crippen LogP contribution in [0.4, 0.5) is 11.6 Å². The molecule has 0 radical (unpaired) electrons. The maximum atomic E-state index is 11.2. The van der Waals surface area contributed by atoms with Gasteiger partial charge in [0.25, 0.3) is 0 Å². The van der Waals surface area contributed by atoms with Crippen LogP contribution in [-0.4, -0.2) is 46.3 Å². The van der Waals surface area contributed by atoms with E-state index in [4.69, 9.17) is 14.5 Å². The highest BCUT2D eigenvalue weighted by atomic mass is 16.5. The normalized spacial score (nSPS) is 10.9. The van der Waals surface area contributed by atoms with Gasteiger partial charge >= 0.3 is 5.97 Å². The summed E-state index contributed by atoms with van der Waals surface area (Å²) in [5.74, 6) is 2.15. The highest BCUT2D eigenvalue weighted by Crippen LogP contribution is 2.27. The number of nitrogens with one attached hydrogen (secondary N) is 1. The molecule has 222 valence electrons. The smallest absolute Gasteiger partial charge is 0.305 e. The molecule has 0 saturated heterocycles. The zero-order chi connectivity index (χ0) is 29.9. The van der Waals surface area contributed by atoms with Gasteiger partial charge in [-0.15, -0.1) is 0 Å². The maximum Gasteiger partial charge on any atom is 0.305 e. The Bertz CT molecular complexity index is 1600. The number of carbonyl (C=O) groups excluding carboxylic acids is 1. The molecule has 0 unspecified atom stereocenters. The molecule has 0 aliphatic rings. The van der Waals surface area contributed by atoms with Gasteiger partial charge in [0.05, 0.1) is 33.1 Å². The van der Waals surface area contributed by atoms with Crippen molar-refractivity contribution < 1.29 is 19.0 Å². The largest absolute Gasteiger partial charge is 0.497 e. The zero-order valence-corrected chi connectivity index (χ0v) is 24.7. The first kappa shape index (κ1) is 29.6. The maximum absolute atomic E-state index is 11.2. The summed E-state index contributed by atoms with van der Waals surface area (Å²) in [4.78, 5) is 25.5. The summed E-state index contributed by atoms with van der Waals surface area (Å²) in [7, 11) is 3.09. The second-order valence-corrected chi connectivity index (χ2v) is 10.3. The Labute approximate surface area is 251 Å². The number of aromatic nitrogens is 4. The van der Waals surface area contributed by atoms with Crippen LogP contribution >= 0.6 is 0 Å². The van der Waals surface area contributed by atoms with Crippen molar-refractivity contribution in [3.8, 4) is 11.5 Å². The minimum atomic E-state index is -0.151. The van der Waals surface area contributed by atoms with Crippen LogP contribution in [0.25, 0.3) is 11.2 Å². The lowest BCUT2D eigenvalue weighted by molar-refractivity contribution is -0.140. The minimum absolute atomic E-state index is 0.151. The molecule has 0 aliphatic carbocycles. The van der Waals surface area contributed by atoms with Crippen molar-refractivity contribution in [3.05, 3.63) is 102 Å². The van der Waals surface area contributed by atoms with Crippen LogP contribution in [0.5, 0.6) is 11.5 Å². The average molecular weight is 580 g/mol. The van der Waals surface area contributed by atoms with Gasteiger partial charge in [0.15, 0.2) is 5.65 Å². The molecule has 1 N–H and O–H groups in total. The lowest BCUT2D eigenvalue weighted by Gasteiger charge is -2.12. The van der Waals surface area contributed by atoms with Gasteiger partial charge in [0, 0.05) is 18.5 Å². The number of rotatable bonds is 15. The summed E-state index contributed by atoms with van der Waals surface area (Å²) in [5, 5.41) is 3.49. The average Bonchev–Trinajstić information content (AvgIpc) is 3.39. The molecule has 9 heteroatoms. The van der Waals surface area contributed by atoms with E-state index in [2.05, 4.69) is 36.7 Å². The topological polar surface area (TPSA) is 100 Å². The Balaban J connectivity index is 1.30. The molecule has 43 heavy (non-hydrogen) atoms. The van der Waals surface area contributed by atoms with Crippen LogP contribution in [0.1, 0.15) is 48.9 Å². The van der Waals surface area contributed by atoms with E-state index in [-0.39, 0.29) is 5.97 Å². The number of hydrogen-bond acceptors (Lipinski definition) is 8. The van der Waals surface area contributed by atoms with Crippen LogP contribution in [0.15, 0.2) is 85.2 Å². The summed E-state index contributed by atoms with van der Waals surface area (Å²) in [6.45, 7) is 1.21. The van der Waals surface area contributed by atoms with Crippen LogP contribution < -0.4 is 14.8 Å². The molecule has 0 spiro atoms. The molecule has 0 amide bonds. The number of anilines is 2. The van der Waals surface area contributed by atoms with Crippen LogP contribution in [0.3, 0.4) is 0 Å². The number of fused-ring (bicyclic) bond motifs is 1. The molecular weight excluding hydrogens is 542 g/mol. The lowest BCUT2D eigenvalue weighted by Crippen LogP contribution is -2.06. The number of nitrogens with zero attached hydrogens (tertiary/aromatic N) is 4. The lowest BCUT2D eigenvalue weighted by atomic mass is 10.1. The van der Waals surface area contributed by atoms with Crippen molar-refractivity contribution in [2.75, 3.05) is 26.1 Å². The second-order valence-electron chi connectivity index (χ2n) is 10.3.